The first-order chi connectivity index (χ1) is 11.8. The van der Waals surface area contributed by atoms with Gasteiger partial charge in [-0.15, -0.1) is 0 Å². The molecular weight excluding hydrogens is 304 g/mol. The molecule has 1 atom stereocenters. The first-order valence-corrected chi connectivity index (χ1v) is 9.11. The van der Waals surface area contributed by atoms with Crippen molar-refractivity contribution in [2.75, 3.05) is 32.8 Å². The van der Waals surface area contributed by atoms with E-state index in [1.54, 1.807) is 6.20 Å². The number of urea groups is 1. The molecule has 0 aromatic carbocycles. The number of carbonyl (C=O) groups is 1. The zero-order valence-corrected chi connectivity index (χ0v) is 14.5. The molecule has 2 saturated heterocycles. The quantitative estimate of drug-likeness (QED) is 0.898. The highest BCUT2D eigenvalue weighted by molar-refractivity contribution is 5.74. The van der Waals surface area contributed by atoms with Crippen LogP contribution in [0.1, 0.15) is 38.2 Å². The number of amides is 2. The van der Waals surface area contributed by atoms with Crippen molar-refractivity contribution < 1.29 is 9.53 Å². The minimum absolute atomic E-state index is 0.0187. The molecule has 2 fully saturated rings. The smallest absolute Gasteiger partial charge is 0.317 e. The number of piperidine rings is 1. The fraction of sp³-hybridized carbons (Fsp3) is 0.667. The summed E-state index contributed by atoms with van der Waals surface area (Å²) in [4.78, 5) is 21.3. The first-order valence-electron chi connectivity index (χ1n) is 9.11. The first kappa shape index (κ1) is 17.0. The molecule has 3 rings (SSSR count). The highest BCUT2D eigenvalue weighted by Crippen LogP contribution is 2.20. The van der Waals surface area contributed by atoms with E-state index in [0.29, 0.717) is 25.1 Å². The summed E-state index contributed by atoms with van der Waals surface area (Å²) >= 11 is 0. The lowest BCUT2D eigenvalue weighted by molar-refractivity contribution is 0.125. The maximum absolute atomic E-state index is 12.5. The van der Waals surface area contributed by atoms with Gasteiger partial charge in [0.25, 0.3) is 0 Å². The van der Waals surface area contributed by atoms with Gasteiger partial charge in [0.2, 0.25) is 5.88 Å². The summed E-state index contributed by atoms with van der Waals surface area (Å²) in [5, 5.41) is 3.03. The van der Waals surface area contributed by atoms with E-state index in [0.717, 1.165) is 25.1 Å². The monoisotopic (exact) mass is 332 g/mol. The standard InChI is InChI=1S/C18H28N4O2/c1-2-24-17-15(7-5-9-19-17)13-20-18(23)22-12-6-8-16(14-22)21-10-3-4-11-21/h5,7,9,16H,2-4,6,8,10-14H2,1H3,(H,20,23)/t16-/m0/s1. The van der Waals surface area contributed by atoms with Crippen LogP contribution >= 0.6 is 0 Å². The average molecular weight is 332 g/mol. The van der Waals surface area contributed by atoms with E-state index >= 15 is 0 Å². The van der Waals surface area contributed by atoms with E-state index < -0.39 is 0 Å². The predicted octanol–water partition coefficient (Wildman–Crippen LogP) is 2.25. The van der Waals surface area contributed by atoms with E-state index in [9.17, 15) is 4.79 Å². The SMILES string of the molecule is CCOc1ncccc1CNC(=O)N1CCC[C@H](N2CCCC2)C1. The minimum atomic E-state index is 0.0187. The summed E-state index contributed by atoms with van der Waals surface area (Å²) in [6.07, 6.45) is 6.60. The highest BCUT2D eigenvalue weighted by Gasteiger charge is 2.29. The van der Waals surface area contributed by atoms with Gasteiger partial charge in [0, 0.05) is 37.4 Å². The number of likely N-dealkylation sites (tertiary alicyclic amines) is 2. The summed E-state index contributed by atoms with van der Waals surface area (Å²) in [6.45, 7) is 7.03. The Morgan fingerprint density at radius 2 is 2.17 bits per heavy atom. The third-order valence-electron chi connectivity index (χ3n) is 4.90. The van der Waals surface area contributed by atoms with Crippen molar-refractivity contribution in [3.8, 4) is 5.88 Å². The van der Waals surface area contributed by atoms with Crippen molar-refractivity contribution in [2.45, 2.75) is 45.2 Å². The zero-order chi connectivity index (χ0) is 16.8. The molecule has 0 bridgehead atoms. The second-order valence-electron chi connectivity index (χ2n) is 6.54. The Morgan fingerprint density at radius 3 is 2.96 bits per heavy atom. The van der Waals surface area contributed by atoms with Gasteiger partial charge in [-0.1, -0.05) is 6.07 Å². The van der Waals surface area contributed by atoms with Crippen LogP contribution in [0.15, 0.2) is 18.3 Å². The van der Waals surface area contributed by atoms with Crippen LogP contribution in [0.2, 0.25) is 0 Å². The molecule has 2 amide bonds. The van der Waals surface area contributed by atoms with Crippen molar-refractivity contribution in [3.05, 3.63) is 23.9 Å². The van der Waals surface area contributed by atoms with Crippen LogP contribution in [0, 0.1) is 0 Å². The molecule has 6 nitrogen and oxygen atoms in total. The van der Waals surface area contributed by atoms with Crippen molar-refractivity contribution in [1.82, 2.24) is 20.1 Å². The van der Waals surface area contributed by atoms with Crippen LogP contribution in [0.4, 0.5) is 4.79 Å². The van der Waals surface area contributed by atoms with Gasteiger partial charge in [0.05, 0.1) is 6.61 Å². The Morgan fingerprint density at radius 1 is 1.33 bits per heavy atom. The lowest BCUT2D eigenvalue weighted by Crippen LogP contribution is -2.51. The van der Waals surface area contributed by atoms with Crippen LogP contribution in [0.5, 0.6) is 5.88 Å². The lowest BCUT2D eigenvalue weighted by Gasteiger charge is -2.37. The van der Waals surface area contributed by atoms with E-state index in [1.165, 1.54) is 32.4 Å². The Kier molecular flexibility index (Phi) is 5.91. The van der Waals surface area contributed by atoms with Crippen LogP contribution in [0.3, 0.4) is 0 Å². The van der Waals surface area contributed by atoms with Crippen LogP contribution in [-0.4, -0.2) is 59.6 Å². The maximum Gasteiger partial charge on any atom is 0.317 e. The Balaban J connectivity index is 1.53. The van der Waals surface area contributed by atoms with Crippen LogP contribution < -0.4 is 10.1 Å². The molecule has 0 radical (unpaired) electrons. The fourth-order valence-corrected chi connectivity index (χ4v) is 3.65. The van der Waals surface area contributed by atoms with Crippen molar-refractivity contribution in [3.63, 3.8) is 0 Å². The molecule has 1 aromatic rings. The minimum Gasteiger partial charge on any atom is -0.478 e. The molecule has 3 heterocycles. The molecule has 1 N–H and O–H groups in total. The number of pyridine rings is 1. The molecule has 0 aliphatic carbocycles. The highest BCUT2D eigenvalue weighted by atomic mass is 16.5. The number of ether oxygens (including phenoxy) is 1. The second-order valence-corrected chi connectivity index (χ2v) is 6.54. The van der Waals surface area contributed by atoms with Crippen molar-refractivity contribution in [2.24, 2.45) is 0 Å². The lowest BCUT2D eigenvalue weighted by atomic mass is 10.0. The van der Waals surface area contributed by atoms with Gasteiger partial charge in [-0.25, -0.2) is 9.78 Å². The number of aromatic nitrogens is 1. The van der Waals surface area contributed by atoms with Crippen LogP contribution in [0.25, 0.3) is 0 Å². The van der Waals surface area contributed by atoms with Crippen LogP contribution in [-0.2, 0) is 6.54 Å². The van der Waals surface area contributed by atoms with E-state index in [4.69, 9.17) is 4.74 Å². The number of hydrogen-bond acceptors (Lipinski definition) is 4. The summed E-state index contributed by atoms with van der Waals surface area (Å²) in [5.74, 6) is 0.605. The Labute approximate surface area is 144 Å². The van der Waals surface area contributed by atoms with Gasteiger partial charge >= 0.3 is 6.03 Å². The van der Waals surface area contributed by atoms with E-state index in [1.807, 2.05) is 24.0 Å². The molecule has 0 unspecified atom stereocenters. The topological polar surface area (TPSA) is 57.7 Å². The van der Waals surface area contributed by atoms with E-state index in [2.05, 4.69) is 15.2 Å². The fourth-order valence-electron chi connectivity index (χ4n) is 3.65. The molecule has 0 saturated carbocycles. The number of nitrogens with one attached hydrogen (secondary N) is 1. The van der Waals surface area contributed by atoms with Gasteiger partial charge < -0.3 is 15.0 Å². The molecule has 1 aromatic heterocycles. The Hall–Kier alpha value is -1.82. The summed E-state index contributed by atoms with van der Waals surface area (Å²) in [5.41, 5.74) is 0.917. The third-order valence-corrected chi connectivity index (χ3v) is 4.90. The number of hydrogen-bond donors (Lipinski definition) is 1. The molecule has 6 heteroatoms. The van der Waals surface area contributed by atoms with Crippen molar-refractivity contribution in [1.29, 1.82) is 0 Å². The molecule has 0 spiro atoms. The number of carbonyl (C=O) groups excluding carboxylic acids is 1. The normalized spacial score (nSPS) is 21.7. The largest absolute Gasteiger partial charge is 0.478 e. The summed E-state index contributed by atoms with van der Waals surface area (Å²) in [7, 11) is 0. The predicted molar refractivity (Wildman–Crippen MR) is 93.0 cm³/mol. The third kappa shape index (κ3) is 4.17. The molecular formula is C18H28N4O2. The second kappa shape index (κ2) is 8.33. The summed E-state index contributed by atoms with van der Waals surface area (Å²) < 4.78 is 5.52. The number of rotatable bonds is 5. The van der Waals surface area contributed by atoms with Gasteiger partial charge in [0.15, 0.2) is 0 Å². The molecule has 24 heavy (non-hydrogen) atoms. The average Bonchev–Trinajstić information content (AvgIpc) is 3.16. The number of nitrogens with zero attached hydrogens (tertiary/aromatic N) is 3. The Bertz CT molecular complexity index is 546. The van der Waals surface area contributed by atoms with Gasteiger partial charge in [-0.2, -0.15) is 0 Å². The van der Waals surface area contributed by atoms with Gasteiger partial charge in [0.1, 0.15) is 0 Å². The van der Waals surface area contributed by atoms with Gasteiger partial charge in [-0.05, 0) is 51.8 Å². The zero-order valence-electron chi connectivity index (χ0n) is 14.5. The van der Waals surface area contributed by atoms with Gasteiger partial charge in [-0.3, -0.25) is 4.90 Å². The summed E-state index contributed by atoms with van der Waals surface area (Å²) in [6, 6.07) is 4.37. The molecule has 2 aliphatic heterocycles. The molecule has 2 aliphatic rings. The maximum atomic E-state index is 12.5. The van der Waals surface area contributed by atoms with Crippen molar-refractivity contribution >= 4 is 6.03 Å². The molecule has 132 valence electrons. The van der Waals surface area contributed by atoms with E-state index in [-0.39, 0.29) is 6.03 Å².